The number of benzene rings is 2. The van der Waals surface area contributed by atoms with Gasteiger partial charge in [-0.25, -0.2) is 9.18 Å². The van der Waals surface area contributed by atoms with Crippen molar-refractivity contribution in [3.63, 3.8) is 0 Å². The van der Waals surface area contributed by atoms with E-state index in [0.29, 0.717) is 16.9 Å². The lowest BCUT2D eigenvalue weighted by atomic mass is 10.2. The molecule has 3 rings (SSSR count). The summed E-state index contributed by atoms with van der Waals surface area (Å²) in [7, 11) is 1.32. The molecule has 0 unspecified atom stereocenters. The van der Waals surface area contributed by atoms with Crippen molar-refractivity contribution in [3.05, 3.63) is 64.2 Å². The number of esters is 1. The van der Waals surface area contributed by atoms with Crippen LogP contribution in [0.5, 0.6) is 0 Å². The molecule has 0 saturated carbocycles. The summed E-state index contributed by atoms with van der Waals surface area (Å²) >= 11 is 1.26. The topological polar surface area (TPSA) is 60.7 Å². The van der Waals surface area contributed by atoms with Crippen LogP contribution in [0.4, 0.5) is 4.39 Å². The first kappa shape index (κ1) is 17.0. The second-order valence-electron chi connectivity index (χ2n) is 5.20. The first-order chi connectivity index (χ1) is 12.0. The number of fused-ring (bicyclic) bond motifs is 1. The van der Waals surface area contributed by atoms with Gasteiger partial charge in [-0.3, -0.25) is 4.79 Å². The molecule has 0 aliphatic rings. The van der Waals surface area contributed by atoms with Crippen molar-refractivity contribution in [1.29, 1.82) is 0 Å². The third-order valence-corrected chi connectivity index (χ3v) is 4.76. The Morgan fingerprint density at radius 2 is 2.00 bits per heavy atom. The molecule has 1 aromatic heterocycles. The zero-order valence-corrected chi connectivity index (χ0v) is 14.5. The van der Waals surface area contributed by atoms with Gasteiger partial charge >= 0.3 is 5.97 Å². The maximum atomic E-state index is 13.8. The minimum Gasteiger partial charge on any atom is -0.465 e. The minimum absolute atomic E-state index is 0.0714. The number of aromatic nitrogens is 1. The van der Waals surface area contributed by atoms with Crippen LogP contribution in [0.25, 0.3) is 10.2 Å². The molecule has 0 atom stereocenters. The minimum atomic E-state index is -0.639. The molecular weight excluding hydrogens is 343 g/mol. The number of amides is 1. The van der Waals surface area contributed by atoms with E-state index in [0.717, 1.165) is 10.2 Å². The molecule has 0 spiro atoms. The summed E-state index contributed by atoms with van der Waals surface area (Å²) in [6.45, 7) is 2.51. The molecule has 1 heterocycles. The summed E-state index contributed by atoms with van der Waals surface area (Å²) < 4.78 is 21.1. The van der Waals surface area contributed by atoms with Gasteiger partial charge in [0.05, 0.1) is 28.5 Å². The monoisotopic (exact) mass is 358 g/mol. The van der Waals surface area contributed by atoms with Gasteiger partial charge in [0.1, 0.15) is 5.82 Å². The van der Waals surface area contributed by atoms with E-state index < -0.39 is 17.7 Å². The fraction of sp³-hybridized carbons (Fsp3) is 0.167. The summed E-state index contributed by atoms with van der Waals surface area (Å²) in [6, 6.07) is 10.9. The van der Waals surface area contributed by atoms with Gasteiger partial charge in [-0.1, -0.05) is 23.5 Å². The maximum Gasteiger partial charge on any atom is 0.337 e. The summed E-state index contributed by atoms with van der Waals surface area (Å²) in [4.78, 5) is 28.5. The number of nitrogens with zero attached hydrogens (tertiary/aromatic N) is 2. The van der Waals surface area contributed by atoms with E-state index in [1.807, 2.05) is 11.5 Å². The SMILES string of the molecule is CCn1c(=NC(=O)c2ccccc2F)sc2cc(C(=O)OC)ccc21. The number of hydrogen-bond acceptors (Lipinski definition) is 4. The van der Waals surface area contributed by atoms with E-state index >= 15 is 0 Å². The Morgan fingerprint density at radius 1 is 1.24 bits per heavy atom. The lowest BCUT2D eigenvalue weighted by Gasteiger charge is -2.02. The van der Waals surface area contributed by atoms with Crippen molar-refractivity contribution in [3.8, 4) is 0 Å². The number of carbonyl (C=O) groups is 2. The van der Waals surface area contributed by atoms with Crippen molar-refractivity contribution in [1.82, 2.24) is 4.57 Å². The highest BCUT2D eigenvalue weighted by Gasteiger charge is 2.13. The van der Waals surface area contributed by atoms with Gasteiger partial charge in [-0.05, 0) is 37.3 Å². The maximum absolute atomic E-state index is 13.8. The second kappa shape index (κ2) is 6.98. The largest absolute Gasteiger partial charge is 0.465 e. The highest BCUT2D eigenvalue weighted by molar-refractivity contribution is 7.16. The molecule has 0 aliphatic carbocycles. The summed E-state index contributed by atoms with van der Waals surface area (Å²) in [5.41, 5.74) is 1.20. The van der Waals surface area contributed by atoms with Crippen molar-refractivity contribution < 1.29 is 18.7 Å². The molecule has 0 N–H and O–H groups in total. The number of aryl methyl sites for hydroxylation is 1. The Balaban J connectivity index is 2.14. The lowest BCUT2D eigenvalue weighted by molar-refractivity contribution is 0.0601. The third kappa shape index (κ3) is 3.23. The average Bonchev–Trinajstić information content (AvgIpc) is 2.97. The molecule has 7 heteroatoms. The van der Waals surface area contributed by atoms with Crippen LogP contribution in [0, 0.1) is 5.82 Å². The first-order valence-corrected chi connectivity index (χ1v) is 8.42. The van der Waals surface area contributed by atoms with Crippen molar-refractivity contribution in [2.24, 2.45) is 4.99 Å². The molecule has 5 nitrogen and oxygen atoms in total. The quantitative estimate of drug-likeness (QED) is 0.674. The van der Waals surface area contributed by atoms with E-state index in [-0.39, 0.29) is 5.56 Å². The van der Waals surface area contributed by atoms with Gasteiger partial charge in [0.15, 0.2) is 4.80 Å². The third-order valence-electron chi connectivity index (χ3n) is 3.72. The van der Waals surface area contributed by atoms with Crippen LogP contribution in [-0.2, 0) is 11.3 Å². The van der Waals surface area contributed by atoms with E-state index in [1.165, 1.54) is 36.6 Å². The predicted molar refractivity (Wildman–Crippen MR) is 93.1 cm³/mol. The summed E-state index contributed by atoms with van der Waals surface area (Å²) in [5, 5.41) is 0. The van der Waals surface area contributed by atoms with Crippen LogP contribution in [0.15, 0.2) is 47.5 Å². The van der Waals surface area contributed by atoms with Crippen LogP contribution >= 0.6 is 11.3 Å². The zero-order chi connectivity index (χ0) is 18.0. The van der Waals surface area contributed by atoms with Gasteiger partial charge in [-0.15, -0.1) is 0 Å². The molecule has 2 aromatic carbocycles. The Kier molecular flexibility index (Phi) is 4.76. The normalized spacial score (nSPS) is 11.7. The molecule has 128 valence electrons. The molecule has 0 bridgehead atoms. The summed E-state index contributed by atoms with van der Waals surface area (Å²) in [6.07, 6.45) is 0. The highest BCUT2D eigenvalue weighted by atomic mass is 32.1. The average molecular weight is 358 g/mol. The van der Waals surface area contributed by atoms with Crippen LogP contribution < -0.4 is 4.80 Å². The molecular formula is C18H15FN2O3S. The van der Waals surface area contributed by atoms with Gasteiger partial charge in [0.25, 0.3) is 5.91 Å². The second-order valence-corrected chi connectivity index (χ2v) is 6.21. The van der Waals surface area contributed by atoms with Gasteiger partial charge in [0, 0.05) is 6.54 Å². The Labute approximate surface area is 147 Å². The number of methoxy groups -OCH3 is 1. The molecule has 1 amide bonds. The number of rotatable bonds is 3. The number of thiazole rings is 1. The number of carbonyl (C=O) groups excluding carboxylic acids is 2. The van der Waals surface area contributed by atoms with Gasteiger partial charge in [0.2, 0.25) is 0 Å². The smallest absolute Gasteiger partial charge is 0.337 e. The molecule has 0 aliphatic heterocycles. The Bertz CT molecular complexity index is 1040. The first-order valence-electron chi connectivity index (χ1n) is 7.60. The molecule has 0 fully saturated rings. The van der Waals surface area contributed by atoms with Gasteiger partial charge in [-0.2, -0.15) is 4.99 Å². The van der Waals surface area contributed by atoms with Gasteiger partial charge < -0.3 is 9.30 Å². The van der Waals surface area contributed by atoms with Crippen LogP contribution in [0.1, 0.15) is 27.6 Å². The lowest BCUT2D eigenvalue weighted by Crippen LogP contribution is -2.16. The number of halogens is 1. The van der Waals surface area contributed by atoms with E-state index in [9.17, 15) is 14.0 Å². The molecule has 3 aromatic rings. The molecule has 0 saturated heterocycles. The van der Waals surface area contributed by atoms with E-state index in [4.69, 9.17) is 4.74 Å². The zero-order valence-electron chi connectivity index (χ0n) is 13.7. The Hall–Kier alpha value is -2.80. The van der Waals surface area contributed by atoms with Crippen molar-refractivity contribution in [2.75, 3.05) is 7.11 Å². The standard InChI is InChI=1S/C18H15FN2O3S/c1-3-21-14-9-8-11(17(23)24-2)10-15(14)25-18(21)20-16(22)12-6-4-5-7-13(12)19/h4-10H,3H2,1-2H3. The predicted octanol–water partition coefficient (Wildman–Crippen LogP) is 3.39. The van der Waals surface area contributed by atoms with Crippen LogP contribution in [0.2, 0.25) is 0 Å². The molecule has 25 heavy (non-hydrogen) atoms. The number of ether oxygens (including phenoxy) is 1. The highest BCUT2D eigenvalue weighted by Crippen LogP contribution is 2.20. The molecule has 0 radical (unpaired) electrons. The van der Waals surface area contributed by atoms with E-state index in [2.05, 4.69) is 4.99 Å². The Morgan fingerprint density at radius 3 is 2.68 bits per heavy atom. The van der Waals surface area contributed by atoms with Crippen molar-refractivity contribution >= 4 is 33.4 Å². The van der Waals surface area contributed by atoms with Crippen molar-refractivity contribution in [2.45, 2.75) is 13.5 Å². The van der Waals surface area contributed by atoms with E-state index in [1.54, 1.807) is 24.3 Å². The fourth-order valence-electron chi connectivity index (χ4n) is 2.49. The van der Waals surface area contributed by atoms with Crippen LogP contribution in [0.3, 0.4) is 0 Å². The fourth-order valence-corrected chi connectivity index (χ4v) is 3.62. The number of hydrogen-bond donors (Lipinski definition) is 0. The summed E-state index contributed by atoms with van der Waals surface area (Å²) in [5.74, 6) is -1.67. The van der Waals surface area contributed by atoms with Crippen LogP contribution in [-0.4, -0.2) is 23.6 Å².